The quantitative estimate of drug-likeness (QED) is 0.411. The number of amides is 1. The van der Waals surface area contributed by atoms with Crippen molar-refractivity contribution in [3.8, 4) is 0 Å². The Morgan fingerprint density at radius 2 is 1.97 bits per heavy atom. The second-order valence-electron chi connectivity index (χ2n) is 11.4. The maximum atomic E-state index is 13.4. The third-order valence-corrected chi connectivity index (χ3v) is 11.6. The molecule has 39 heavy (non-hydrogen) atoms. The van der Waals surface area contributed by atoms with Crippen molar-refractivity contribution < 1.29 is 18.3 Å². The highest BCUT2D eigenvalue weighted by molar-refractivity contribution is 7.93. The molecule has 0 spiro atoms. The van der Waals surface area contributed by atoms with Gasteiger partial charge in [0.25, 0.3) is 10.0 Å². The summed E-state index contributed by atoms with van der Waals surface area (Å²) in [5.41, 5.74) is 1.12. The Bertz CT molecular complexity index is 1480. The molecule has 1 aromatic carbocycles. The summed E-state index contributed by atoms with van der Waals surface area (Å²) in [6, 6.07) is 8.72. The summed E-state index contributed by atoms with van der Waals surface area (Å²) >= 11 is 1.38. The minimum absolute atomic E-state index is 0.0653. The van der Waals surface area contributed by atoms with Crippen molar-refractivity contribution in [1.29, 1.82) is 0 Å². The van der Waals surface area contributed by atoms with E-state index >= 15 is 0 Å². The Labute approximate surface area is 234 Å². The molecule has 2 heterocycles. The molecule has 2 aliphatic rings. The molecule has 2 aliphatic carbocycles. The molecule has 0 aliphatic heterocycles. The molecular formula is C29H38N4O4S2. The smallest absolute Gasteiger partial charge is 0.265 e. The van der Waals surface area contributed by atoms with E-state index in [-0.39, 0.29) is 39.9 Å². The first kappa shape index (κ1) is 28.0. The van der Waals surface area contributed by atoms with Gasteiger partial charge in [0.2, 0.25) is 5.91 Å². The summed E-state index contributed by atoms with van der Waals surface area (Å²) in [6.45, 7) is 11.5. The molecule has 210 valence electrons. The second-order valence-corrected chi connectivity index (χ2v) is 14.1. The van der Waals surface area contributed by atoms with Crippen molar-refractivity contribution in [2.24, 2.45) is 23.2 Å². The van der Waals surface area contributed by atoms with Gasteiger partial charge in [-0.3, -0.25) is 14.5 Å². The number of sulfonamides is 1. The maximum Gasteiger partial charge on any atom is 0.265 e. The van der Waals surface area contributed by atoms with E-state index < -0.39 is 16.1 Å². The minimum atomic E-state index is -3.91. The first-order valence-corrected chi connectivity index (χ1v) is 16.1. The van der Waals surface area contributed by atoms with Gasteiger partial charge in [-0.25, -0.2) is 13.4 Å². The Kier molecular flexibility index (Phi) is 7.50. The van der Waals surface area contributed by atoms with Crippen molar-refractivity contribution in [3.63, 3.8) is 0 Å². The summed E-state index contributed by atoms with van der Waals surface area (Å²) in [4.78, 5) is 25.2. The number of carbonyl (C=O) groups excluding carboxylic acids is 1. The Balaban J connectivity index is 1.41. The van der Waals surface area contributed by atoms with Crippen LogP contribution in [0.3, 0.4) is 0 Å². The molecule has 0 bridgehead atoms. The molecule has 8 nitrogen and oxygen atoms in total. The van der Waals surface area contributed by atoms with Crippen LogP contribution >= 0.6 is 11.3 Å². The topological polar surface area (TPSA) is 112 Å². The van der Waals surface area contributed by atoms with Crippen molar-refractivity contribution in [3.05, 3.63) is 47.1 Å². The normalized spacial score (nSPS) is 27.4. The van der Waals surface area contributed by atoms with Crippen molar-refractivity contribution >= 4 is 43.3 Å². The number of hydrogen-bond donors (Lipinski definition) is 2. The van der Waals surface area contributed by atoms with Gasteiger partial charge in [-0.1, -0.05) is 39.0 Å². The predicted molar refractivity (Wildman–Crippen MR) is 154 cm³/mol. The predicted octanol–water partition coefficient (Wildman–Crippen LogP) is 5.05. The van der Waals surface area contributed by atoms with Gasteiger partial charge in [0.15, 0.2) is 5.13 Å². The van der Waals surface area contributed by atoms with Gasteiger partial charge in [0.05, 0.1) is 17.3 Å². The third-order valence-electron chi connectivity index (χ3n) is 9.14. The van der Waals surface area contributed by atoms with Crippen LogP contribution in [-0.4, -0.2) is 53.5 Å². The number of pyridine rings is 1. The van der Waals surface area contributed by atoms with Gasteiger partial charge < -0.3 is 10.0 Å². The number of aliphatic hydroxyl groups excluding tert-OH is 1. The van der Waals surface area contributed by atoms with Crippen molar-refractivity contribution in [2.75, 3.05) is 17.8 Å². The molecule has 3 aromatic rings. The Morgan fingerprint density at radius 3 is 2.69 bits per heavy atom. The van der Waals surface area contributed by atoms with Crippen LogP contribution in [0.1, 0.15) is 63.9 Å². The van der Waals surface area contributed by atoms with Gasteiger partial charge in [-0.15, -0.1) is 11.3 Å². The molecule has 2 N–H and O–H groups in total. The zero-order valence-electron chi connectivity index (χ0n) is 23.2. The second kappa shape index (κ2) is 10.4. The van der Waals surface area contributed by atoms with Crippen LogP contribution in [-0.2, 0) is 21.2 Å². The number of hydrogen-bond acceptors (Lipinski definition) is 7. The first-order chi connectivity index (χ1) is 18.5. The largest absolute Gasteiger partial charge is 0.392 e. The average molecular weight is 571 g/mol. The number of nitrogens with zero attached hydrogens (tertiary/aromatic N) is 3. The average Bonchev–Trinajstić information content (AvgIpc) is 3.29. The highest BCUT2D eigenvalue weighted by atomic mass is 32.2. The molecule has 1 fully saturated rings. The number of anilines is 1. The molecular weight excluding hydrogens is 532 g/mol. The lowest BCUT2D eigenvalue weighted by molar-refractivity contribution is -0.144. The fraction of sp³-hybridized carbons (Fsp3) is 0.552. The van der Waals surface area contributed by atoms with Gasteiger partial charge >= 0.3 is 0 Å². The SMILES string of the molecule is CCN(CC)C(=O)[C@@H](C)[C@H]1CC[C@]2(C)Cc3sc(NS(=O)(=O)c4cccc5cccnc45)nc3[C@@H](C)[C@@H]2[C@H]1O. The lowest BCUT2D eigenvalue weighted by atomic mass is 9.53. The van der Waals surface area contributed by atoms with Crippen LogP contribution in [0.2, 0.25) is 0 Å². The highest BCUT2D eigenvalue weighted by Crippen LogP contribution is 2.57. The maximum absolute atomic E-state index is 13.4. The van der Waals surface area contributed by atoms with E-state index in [4.69, 9.17) is 4.98 Å². The zero-order valence-corrected chi connectivity index (χ0v) is 24.8. The zero-order chi connectivity index (χ0) is 28.1. The van der Waals surface area contributed by atoms with Crippen LogP contribution in [0, 0.1) is 23.2 Å². The Morgan fingerprint density at radius 1 is 1.26 bits per heavy atom. The summed E-state index contributed by atoms with van der Waals surface area (Å²) in [7, 11) is -3.91. The molecule has 1 saturated carbocycles. The van der Waals surface area contributed by atoms with E-state index in [1.54, 1.807) is 24.4 Å². The van der Waals surface area contributed by atoms with Gasteiger partial charge in [-0.2, -0.15) is 0 Å². The summed E-state index contributed by atoms with van der Waals surface area (Å²) in [5.74, 6) is -0.406. The van der Waals surface area contributed by atoms with E-state index in [1.807, 2.05) is 37.8 Å². The van der Waals surface area contributed by atoms with Crippen molar-refractivity contribution in [2.45, 2.75) is 70.8 Å². The third kappa shape index (κ3) is 4.85. The molecule has 2 aromatic heterocycles. The fourth-order valence-electron chi connectivity index (χ4n) is 7.06. The number of aromatic nitrogens is 2. The van der Waals surface area contributed by atoms with Crippen LogP contribution in [0.15, 0.2) is 41.4 Å². The molecule has 1 amide bonds. The number of benzene rings is 1. The van der Waals surface area contributed by atoms with E-state index in [9.17, 15) is 18.3 Å². The molecule has 0 unspecified atom stereocenters. The number of rotatable bonds is 7. The lowest BCUT2D eigenvalue weighted by Gasteiger charge is -2.53. The summed E-state index contributed by atoms with van der Waals surface area (Å²) < 4.78 is 29.5. The summed E-state index contributed by atoms with van der Waals surface area (Å²) in [6.07, 6.45) is 3.37. The number of fused-ring (bicyclic) bond motifs is 3. The molecule has 0 saturated heterocycles. The standard InChI is InChI=1S/C29H38N4O4S2/c1-6-33(7-2)27(35)17(3)20-13-14-29(5)16-21-24(18(4)23(29)26(20)34)31-28(38-21)32-39(36,37)22-12-8-10-19-11-9-15-30-25(19)22/h8-12,15,17-18,20,23,26,34H,6-7,13-14,16H2,1-5H3,(H,31,32)/t17-,18-,20+,23+,26-,29+/m0/s1. The molecule has 6 atom stereocenters. The Hall–Kier alpha value is -2.56. The first-order valence-electron chi connectivity index (χ1n) is 13.8. The van der Waals surface area contributed by atoms with Gasteiger partial charge in [-0.05, 0) is 62.5 Å². The number of para-hydroxylation sites is 1. The van der Waals surface area contributed by atoms with Crippen LogP contribution < -0.4 is 4.72 Å². The molecule has 5 rings (SSSR count). The highest BCUT2D eigenvalue weighted by Gasteiger charge is 2.54. The van der Waals surface area contributed by atoms with E-state index in [0.717, 1.165) is 35.2 Å². The van der Waals surface area contributed by atoms with Gasteiger partial charge in [0.1, 0.15) is 4.90 Å². The van der Waals surface area contributed by atoms with E-state index in [2.05, 4.69) is 23.6 Å². The van der Waals surface area contributed by atoms with Crippen LogP contribution in [0.25, 0.3) is 10.9 Å². The van der Waals surface area contributed by atoms with Crippen LogP contribution in [0.5, 0.6) is 0 Å². The monoisotopic (exact) mass is 570 g/mol. The molecule has 10 heteroatoms. The number of aliphatic hydroxyl groups is 1. The van der Waals surface area contributed by atoms with Crippen LogP contribution in [0.4, 0.5) is 5.13 Å². The minimum Gasteiger partial charge on any atom is -0.392 e. The van der Waals surface area contributed by atoms with E-state index in [0.29, 0.717) is 23.7 Å². The summed E-state index contributed by atoms with van der Waals surface area (Å²) in [5, 5.41) is 12.8. The number of nitrogens with one attached hydrogen (secondary N) is 1. The fourth-order valence-corrected chi connectivity index (χ4v) is 9.74. The number of carbonyl (C=O) groups is 1. The molecule has 0 radical (unpaired) electrons. The van der Waals surface area contributed by atoms with E-state index in [1.165, 1.54) is 11.3 Å². The number of thiazole rings is 1. The van der Waals surface area contributed by atoms with Crippen molar-refractivity contribution in [1.82, 2.24) is 14.9 Å². The lowest BCUT2D eigenvalue weighted by Crippen LogP contribution is -2.53. The van der Waals surface area contributed by atoms with Gasteiger partial charge in [0, 0.05) is 41.4 Å².